The van der Waals surface area contributed by atoms with Crippen molar-refractivity contribution in [3.05, 3.63) is 0 Å². The Morgan fingerprint density at radius 1 is 1.31 bits per heavy atom. The Morgan fingerprint density at radius 3 is 2.44 bits per heavy atom. The van der Waals surface area contributed by atoms with Gasteiger partial charge >= 0.3 is 5.97 Å². The molecule has 0 aliphatic rings. The Bertz CT molecular complexity index is 214. The summed E-state index contributed by atoms with van der Waals surface area (Å²) in [5, 5.41) is 10.8. The lowest BCUT2D eigenvalue weighted by Crippen LogP contribution is -2.41. The van der Waals surface area contributed by atoms with Crippen LogP contribution in [0.5, 0.6) is 0 Å². The third-order valence-corrected chi connectivity index (χ3v) is 1.94. The van der Waals surface area contributed by atoms with Crippen LogP contribution in [-0.2, 0) is 9.59 Å². The standard InChI is InChI=1S/C9H19N3O3.ClH/c10-5-2-1-3-7(11)9(15)12-6-4-8(13)14;/h7H,1-6,10-11H2,(H,12,15)(H,13,14);1H/t7-;/m0./s1. The van der Waals surface area contributed by atoms with Crippen LogP contribution in [0.15, 0.2) is 0 Å². The van der Waals surface area contributed by atoms with Gasteiger partial charge in [-0.05, 0) is 19.4 Å². The van der Waals surface area contributed by atoms with Crippen LogP contribution >= 0.6 is 12.4 Å². The molecule has 7 heteroatoms. The van der Waals surface area contributed by atoms with Gasteiger partial charge in [0.25, 0.3) is 0 Å². The van der Waals surface area contributed by atoms with E-state index in [1.165, 1.54) is 0 Å². The summed E-state index contributed by atoms with van der Waals surface area (Å²) in [6.07, 6.45) is 2.15. The number of hydrogen-bond acceptors (Lipinski definition) is 4. The molecule has 0 unspecified atom stereocenters. The number of amides is 1. The number of nitrogens with two attached hydrogens (primary N) is 2. The van der Waals surface area contributed by atoms with Crippen LogP contribution in [-0.4, -0.2) is 36.1 Å². The summed E-state index contributed by atoms with van der Waals surface area (Å²) in [6.45, 7) is 0.714. The summed E-state index contributed by atoms with van der Waals surface area (Å²) in [4.78, 5) is 21.4. The minimum Gasteiger partial charge on any atom is -0.481 e. The van der Waals surface area contributed by atoms with E-state index in [0.717, 1.165) is 12.8 Å². The molecule has 0 spiro atoms. The molecule has 6 N–H and O–H groups in total. The van der Waals surface area contributed by atoms with Crippen molar-refractivity contribution in [3.8, 4) is 0 Å². The molecule has 6 nitrogen and oxygen atoms in total. The lowest BCUT2D eigenvalue weighted by atomic mass is 10.1. The fourth-order valence-corrected chi connectivity index (χ4v) is 1.06. The Labute approximate surface area is 101 Å². The molecule has 1 atom stereocenters. The van der Waals surface area contributed by atoms with E-state index in [-0.39, 0.29) is 31.3 Å². The summed E-state index contributed by atoms with van der Waals surface area (Å²) >= 11 is 0. The average molecular weight is 254 g/mol. The first-order valence-electron chi connectivity index (χ1n) is 5.03. The number of rotatable bonds is 8. The Morgan fingerprint density at radius 2 is 1.94 bits per heavy atom. The van der Waals surface area contributed by atoms with Gasteiger partial charge < -0.3 is 21.9 Å². The number of nitrogens with one attached hydrogen (secondary N) is 1. The first kappa shape index (κ1) is 17.5. The summed E-state index contributed by atoms with van der Waals surface area (Å²) in [5.74, 6) is -1.24. The number of halogens is 1. The van der Waals surface area contributed by atoms with Crippen LogP contribution in [0.4, 0.5) is 0 Å². The number of aliphatic carboxylic acids is 1. The van der Waals surface area contributed by atoms with Crippen molar-refractivity contribution in [3.63, 3.8) is 0 Å². The van der Waals surface area contributed by atoms with Crippen LogP contribution < -0.4 is 16.8 Å². The van der Waals surface area contributed by atoms with Crippen LogP contribution in [0.3, 0.4) is 0 Å². The fraction of sp³-hybridized carbons (Fsp3) is 0.778. The van der Waals surface area contributed by atoms with E-state index < -0.39 is 12.0 Å². The number of carboxylic acids is 1. The van der Waals surface area contributed by atoms with Gasteiger partial charge in [-0.25, -0.2) is 0 Å². The molecule has 1 amide bonds. The van der Waals surface area contributed by atoms with E-state index in [9.17, 15) is 9.59 Å². The second kappa shape index (κ2) is 10.7. The van der Waals surface area contributed by atoms with Crippen molar-refractivity contribution in [1.82, 2.24) is 5.32 Å². The third kappa shape index (κ3) is 9.70. The lowest BCUT2D eigenvalue weighted by Gasteiger charge is -2.10. The van der Waals surface area contributed by atoms with Gasteiger partial charge in [0, 0.05) is 6.54 Å². The van der Waals surface area contributed by atoms with E-state index in [2.05, 4.69) is 5.32 Å². The van der Waals surface area contributed by atoms with Crippen molar-refractivity contribution in [1.29, 1.82) is 0 Å². The zero-order valence-corrected chi connectivity index (χ0v) is 9.96. The predicted octanol–water partition coefficient (Wildman–Crippen LogP) is -0.545. The maximum Gasteiger partial charge on any atom is 0.305 e. The first-order chi connectivity index (χ1) is 7.07. The molecule has 0 saturated carbocycles. The lowest BCUT2D eigenvalue weighted by molar-refractivity contribution is -0.136. The highest BCUT2D eigenvalue weighted by Gasteiger charge is 2.12. The van der Waals surface area contributed by atoms with Gasteiger partial charge in [-0.1, -0.05) is 6.42 Å². The number of carbonyl (C=O) groups is 2. The fourth-order valence-electron chi connectivity index (χ4n) is 1.06. The van der Waals surface area contributed by atoms with Crippen molar-refractivity contribution >= 4 is 24.3 Å². The highest BCUT2D eigenvalue weighted by molar-refractivity contribution is 5.85. The normalized spacial score (nSPS) is 11.4. The first-order valence-corrected chi connectivity index (χ1v) is 5.03. The molecule has 0 aliphatic carbocycles. The third-order valence-electron chi connectivity index (χ3n) is 1.94. The summed E-state index contributed by atoms with van der Waals surface area (Å²) in [6, 6.07) is -0.564. The maximum atomic E-state index is 11.3. The van der Waals surface area contributed by atoms with Gasteiger partial charge in [-0.15, -0.1) is 12.4 Å². The number of carboxylic acid groups (broad SMARTS) is 1. The van der Waals surface area contributed by atoms with Gasteiger partial charge in [0.05, 0.1) is 12.5 Å². The van der Waals surface area contributed by atoms with E-state index in [1.54, 1.807) is 0 Å². The molecular weight excluding hydrogens is 234 g/mol. The van der Waals surface area contributed by atoms with Crippen LogP contribution in [0, 0.1) is 0 Å². The summed E-state index contributed by atoms with van der Waals surface area (Å²) < 4.78 is 0. The Kier molecular flexibility index (Phi) is 11.7. The van der Waals surface area contributed by atoms with Crippen molar-refractivity contribution in [2.24, 2.45) is 11.5 Å². The SMILES string of the molecule is Cl.NCCCC[C@H](N)C(=O)NCCC(=O)O. The van der Waals surface area contributed by atoms with Crippen LogP contribution in [0.25, 0.3) is 0 Å². The summed E-state index contributed by atoms with van der Waals surface area (Å²) in [5.41, 5.74) is 10.9. The number of carbonyl (C=O) groups excluding carboxylic acids is 1. The second-order valence-electron chi connectivity index (χ2n) is 3.33. The zero-order chi connectivity index (χ0) is 11.7. The molecule has 0 aromatic heterocycles. The molecular formula is C9H20ClN3O3. The van der Waals surface area contributed by atoms with Crippen molar-refractivity contribution in [2.75, 3.05) is 13.1 Å². The van der Waals surface area contributed by atoms with Crippen LogP contribution in [0.2, 0.25) is 0 Å². The van der Waals surface area contributed by atoms with Gasteiger partial charge in [-0.2, -0.15) is 0 Å². The minimum atomic E-state index is -0.938. The van der Waals surface area contributed by atoms with E-state index in [4.69, 9.17) is 16.6 Å². The molecule has 0 radical (unpaired) electrons. The molecule has 0 aromatic carbocycles. The molecule has 16 heavy (non-hydrogen) atoms. The topological polar surface area (TPSA) is 118 Å². The smallest absolute Gasteiger partial charge is 0.305 e. The van der Waals surface area contributed by atoms with Gasteiger partial charge in [0.1, 0.15) is 0 Å². The highest BCUT2D eigenvalue weighted by atomic mass is 35.5. The minimum absolute atomic E-state index is 0. The zero-order valence-electron chi connectivity index (χ0n) is 9.15. The summed E-state index contributed by atoms with van der Waals surface area (Å²) in [7, 11) is 0. The Balaban J connectivity index is 0. The highest BCUT2D eigenvalue weighted by Crippen LogP contribution is 1.97. The van der Waals surface area contributed by atoms with Crippen LogP contribution in [0.1, 0.15) is 25.7 Å². The molecule has 0 bridgehead atoms. The van der Waals surface area contributed by atoms with Gasteiger partial charge in [0.15, 0.2) is 0 Å². The largest absolute Gasteiger partial charge is 0.481 e. The van der Waals surface area contributed by atoms with Gasteiger partial charge in [0.2, 0.25) is 5.91 Å². The molecule has 96 valence electrons. The van der Waals surface area contributed by atoms with Crippen molar-refractivity contribution in [2.45, 2.75) is 31.7 Å². The average Bonchev–Trinajstić information content (AvgIpc) is 2.17. The second-order valence-corrected chi connectivity index (χ2v) is 3.33. The number of unbranched alkanes of at least 4 members (excludes halogenated alkanes) is 1. The molecule has 0 saturated heterocycles. The molecule has 0 fully saturated rings. The number of hydrogen-bond donors (Lipinski definition) is 4. The van der Waals surface area contributed by atoms with E-state index >= 15 is 0 Å². The molecule has 0 aromatic rings. The molecule has 0 aliphatic heterocycles. The monoisotopic (exact) mass is 253 g/mol. The maximum absolute atomic E-state index is 11.3. The molecule has 0 rings (SSSR count). The van der Waals surface area contributed by atoms with E-state index in [0.29, 0.717) is 13.0 Å². The van der Waals surface area contributed by atoms with E-state index in [1.807, 2.05) is 0 Å². The molecule has 0 heterocycles. The Hall–Kier alpha value is -0.850. The van der Waals surface area contributed by atoms with Gasteiger partial charge in [-0.3, -0.25) is 9.59 Å². The quantitative estimate of drug-likeness (QED) is 0.433. The van der Waals surface area contributed by atoms with Crippen molar-refractivity contribution < 1.29 is 14.7 Å². The predicted molar refractivity (Wildman–Crippen MR) is 63.4 cm³/mol.